The second-order valence-corrected chi connectivity index (χ2v) is 6.40. The van der Waals surface area contributed by atoms with Crippen LogP contribution < -0.4 is 5.73 Å². The Labute approximate surface area is 124 Å². The van der Waals surface area contributed by atoms with Gasteiger partial charge in [-0.2, -0.15) is 0 Å². The number of halogens is 1. The average Bonchev–Trinajstić information content (AvgIpc) is 2.80. The van der Waals surface area contributed by atoms with Crippen molar-refractivity contribution in [2.45, 2.75) is 13.0 Å². The van der Waals surface area contributed by atoms with E-state index in [0.29, 0.717) is 6.54 Å². The quantitative estimate of drug-likeness (QED) is 0.783. The first-order valence-corrected chi connectivity index (χ1v) is 7.69. The summed E-state index contributed by atoms with van der Waals surface area (Å²) in [5, 5.41) is 1.13. The Kier molecular flexibility index (Phi) is 3.64. The van der Waals surface area contributed by atoms with Crippen molar-refractivity contribution in [2.24, 2.45) is 5.73 Å². The van der Waals surface area contributed by atoms with Crippen molar-refractivity contribution >= 4 is 37.5 Å². The fourth-order valence-corrected chi connectivity index (χ4v) is 3.44. The van der Waals surface area contributed by atoms with Crippen LogP contribution in [0.5, 0.6) is 0 Å². The van der Waals surface area contributed by atoms with E-state index in [1.807, 2.05) is 6.07 Å². The van der Waals surface area contributed by atoms with Crippen molar-refractivity contribution in [3.63, 3.8) is 0 Å². The normalized spacial score (nSPS) is 11.1. The van der Waals surface area contributed by atoms with Crippen molar-refractivity contribution in [3.8, 4) is 0 Å². The van der Waals surface area contributed by atoms with Crippen LogP contribution in [0.3, 0.4) is 0 Å². The van der Waals surface area contributed by atoms with Gasteiger partial charge in [-0.25, -0.2) is 4.98 Å². The lowest BCUT2D eigenvalue weighted by molar-refractivity contribution is 1.01. The highest BCUT2D eigenvalue weighted by molar-refractivity contribution is 9.10. The number of nitrogens with zero attached hydrogens (tertiary/aromatic N) is 1. The number of aromatic nitrogens is 1. The van der Waals surface area contributed by atoms with Gasteiger partial charge >= 0.3 is 0 Å². The monoisotopic (exact) mass is 332 g/mol. The fourth-order valence-electron chi connectivity index (χ4n) is 2.12. The maximum atomic E-state index is 5.78. The molecule has 0 aliphatic carbocycles. The van der Waals surface area contributed by atoms with Gasteiger partial charge in [0.25, 0.3) is 0 Å². The fraction of sp³-hybridized carbons (Fsp3) is 0.133. The highest BCUT2D eigenvalue weighted by Gasteiger charge is 2.07. The molecule has 0 amide bonds. The highest BCUT2D eigenvalue weighted by Crippen LogP contribution is 2.27. The second-order valence-electron chi connectivity index (χ2n) is 4.37. The van der Waals surface area contributed by atoms with Crippen LogP contribution in [0.4, 0.5) is 0 Å². The van der Waals surface area contributed by atoms with Gasteiger partial charge in [0.05, 0.1) is 15.2 Å². The lowest BCUT2D eigenvalue weighted by Crippen LogP contribution is -2.01. The van der Waals surface area contributed by atoms with E-state index in [4.69, 9.17) is 10.7 Å². The minimum Gasteiger partial charge on any atom is -0.326 e. The van der Waals surface area contributed by atoms with E-state index in [1.54, 1.807) is 11.3 Å². The van der Waals surface area contributed by atoms with Crippen LogP contribution in [0.2, 0.25) is 0 Å². The summed E-state index contributed by atoms with van der Waals surface area (Å²) in [6, 6.07) is 14.5. The topological polar surface area (TPSA) is 38.9 Å². The smallest absolute Gasteiger partial charge is 0.0982 e. The third-order valence-electron chi connectivity index (χ3n) is 3.07. The molecule has 3 aromatic rings. The first-order valence-electron chi connectivity index (χ1n) is 6.08. The molecule has 0 aliphatic rings. The van der Waals surface area contributed by atoms with Crippen LogP contribution in [0.1, 0.15) is 16.1 Å². The van der Waals surface area contributed by atoms with E-state index in [9.17, 15) is 0 Å². The summed E-state index contributed by atoms with van der Waals surface area (Å²) >= 11 is 5.23. The third-order valence-corrected chi connectivity index (χ3v) is 4.60. The van der Waals surface area contributed by atoms with Crippen LogP contribution in [0.15, 0.2) is 46.9 Å². The molecule has 96 valence electrons. The summed E-state index contributed by atoms with van der Waals surface area (Å²) in [6.07, 6.45) is 0.852. The SMILES string of the molecule is NCc1ccccc1Cc1nc2cc(Br)ccc2s1. The van der Waals surface area contributed by atoms with Crippen LogP contribution in [0.25, 0.3) is 10.2 Å². The van der Waals surface area contributed by atoms with Crippen molar-refractivity contribution in [3.05, 3.63) is 63.1 Å². The lowest BCUT2D eigenvalue weighted by Gasteiger charge is -2.04. The largest absolute Gasteiger partial charge is 0.326 e. The molecule has 2 aromatic carbocycles. The minimum absolute atomic E-state index is 0.576. The van der Waals surface area contributed by atoms with Crippen molar-refractivity contribution in [2.75, 3.05) is 0 Å². The van der Waals surface area contributed by atoms with Gasteiger partial charge in [-0.05, 0) is 29.3 Å². The summed E-state index contributed by atoms with van der Waals surface area (Å²) in [5.74, 6) is 0. The van der Waals surface area contributed by atoms with E-state index >= 15 is 0 Å². The summed E-state index contributed by atoms with van der Waals surface area (Å²) in [7, 11) is 0. The number of hydrogen-bond donors (Lipinski definition) is 1. The predicted octanol–water partition coefficient (Wildman–Crippen LogP) is 4.11. The standard InChI is InChI=1S/C15H13BrN2S/c16-12-5-6-14-13(8-12)18-15(19-14)7-10-3-1-2-4-11(10)9-17/h1-6,8H,7,9,17H2. The van der Waals surface area contributed by atoms with Crippen LogP contribution in [-0.4, -0.2) is 4.98 Å². The van der Waals surface area contributed by atoms with Crippen LogP contribution in [-0.2, 0) is 13.0 Å². The zero-order valence-electron chi connectivity index (χ0n) is 10.3. The molecule has 2 nitrogen and oxygen atoms in total. The molecule has 0 saturated carbocycles. The Morgan fingerprint density at radius 2 is 1.89 bits per heavy atom. The van der Waals surface area contributed by atoms with E-state index in [0.717, 1.165) is 21.4 Å². The number of fused-ring (bicyclic) bond motifs is 1. The van der Waals surface area contributed by atoms with Gasteiger partial charge in [0.15, 0.2) is 0 Å². The first-order chi connectivity index (χ1) is 9.26. The summed E-state index contributed by atoms with van der Waals surface area (Å²) in [5.41, 5.74) is 9.30. The maximum absolute atomic E-state index is 5.78. The number of nitrogens with two attached hydrogens (primary N) is 1. The Balaban J connectivity index is 1.96. The van der Waals surface area contributed by atoms with Gasteiger partial charge < -0.3 is 5.73 Å². The van der Waals surface area contributed by atoms with E-state index in [-0.39, 0.29) is 0 Å². The van der Waals surface area contributed by atoms with E-state index in [2.05, 4.69) is 52.3 Å². The predicted molar refractivity (Wildman–Crippen MR) is 84.5 cm³/mol. The molecule has 0 atom stereocenters. The van der Waals surface area contributed by atoms with Gasteiger partial charge in [0.2, 0.25) is 0 Å². The molecule has 0 spiro atoms. The molecular formula is C15H13BrN2S. The molecule has 0 bridgehead atoms. The molecule has 0 unspecified atom stereocenters. The molecule has 3 rings (SSSR count). The molecule has 1 aromatic heterocycles. The minimum atomic E-state index is 0.576. The Morgan fingerprint density at radius 1 is 1.11 bits per heavy atom. The van der Waals surface area contributed by atoms with E-state index < -0.39 is 0 Å². The molecule has 0 fully saturated rings. The van der Waals surface area contributed by atoms with Crippen molar-refractivity contribution in [1.82, 2.24) is 4.98 Å². The first kappa shape index (κ1) is 12.8. The van der Waals surface area contributed by atoms with Crippen LogP contribution in [0, 0.1) is 0 Å². The summed E-state index contributed by atoms with van der Waals surface area (Å²) < 4.78 is 2.29. The Hall–Kier alpha value is -1.23. The Bertz CT molecular complexity index is 721. The molecule has 0 radical (unpaired) electrons. The molecule has 4 heteroatoms. The summed E-state index contributed by atoms with van der Waals surface area (Å²) in [6.45, 7) is 0.576. The van der Waals surface area contributed by atoms with Crippen molar-refractivity contribution in [1.29, 1.82) is 0 Å². The van der Waals surface area contributed by atoms with Gasteiger partial charge in [-0.1, -0.05) is 40.2 Å². The van der Waals surface area contributed by atoms with Gasteiger partial charge in [-0.3, -0.25) is 0 Å². The molecule has 2 N–H and O–H groups in total. The third kappa shape index (κ3) is 2.71. The van der Waals surface area contributed by atoms with E-state index in [1.165, 1.54) is 15.8 Å². The highest BCUT2D eigenvalue weighted by atomic mass is 79.9. The molecular weight excluding hydrogens is 320 g/mol. The maximum Gasteiger partial charge on any atom is 0.0982 e. The lowest BCUT2D eigenvalue weighted by atomic mass is 10.1. The second kappa shape index (κ2) is 5.41. The Morgan fingerprint density at radius 3 is 2.68 bits per heavy atom. The molecule has 0 aliphatic heterocycles. The number of benzene rings is 2. The zero-order chi connectivity index (χ0) is 13.2. The van der Waals surface area contributed by atoms with Gasteiger partial charge in [0.1, 0.15) is 0 Å². The van der Waals surface area contributed by atoms with Crippen LogP contribution >= 0.6 is 27.3 Å². The van der Waals surface area contributed by atoms with Gasteiger partial charge in [0, 0.05) is 17.4 Å². The average molecular weight is 333 g/mol. The summed E-state index contributed by atoms with van der Waals surface area (Å²) in [4.78, 5) is 4.69. The zero-order valence-corrected chi connectivity index (χ0v) is 12.7. The number of thiazole rings is 1. The number of rotatable bonds is 3. The number of hydrogen-bond acceptors (Lipinski definition) is 3. The van der Waals surface area contributed by atoms with Gasteiger partial charge in [-0.15, -0.1) is 11.3 Å². The molecule has 19 heavy (non-hydrogen) atoms. The van der Waals surface area contributed by atoms with Crippen molar-refractivity contribution < 1.29 is 0 Å². The molecule has 0 saturated heterocycles. The molecule has 1 heterocycles.